The second-order valence-electron chi connectivity index (χ2n) is 8.43. The van der Waals surface area contributed by atoms with Crippen LogP contribution in [0.1, 0.15) is 69.1 Å². The number of hydrogen-bond donors (Lipinski definition) is 0. The van der Waals surface area contributed by atoms with Gasteiger partial charge in [-0.25, -0.2) is 4.39 Å². The molecule has 0 bridgehead atoms. The highest BCUT2D eigenvalue weighted by atomic mass is 19.1. The smallest absolute Gasteiger partial charge is 0.107 e. The Hall–Kier alpha value is -1.67. The zero-order chi connectivity index (χ0) is 19.2. The lowest BCUT2D eigenvalue weighted by Crippen LogP contribution is -2.38. The first-order valence-corrected chi connectivity index (χ1v) is 10.6. The number of benzene rings is 2. The molecular formula is C25H34FN. The van der Waals surface area contributed by atoms with Gasteiger partial charge < -0.3 is 0 Å². The first-order valence-electron chi connectivity index (χ1n) is 10.6. The highest BCUT2D eigenvalue weighted by Gasteiger charge is 2.28. The van der Waals surface area contributed by atoms with E-state index in [2.05, 4.69) is 80.3 Å². The van der Waals surface area contributed by atoms with E-state index in [4.69, 9.17) is 0 Å². The zero-order valence-electron chi connectivity index (χ0n) is 17.1. The number of aryl methyl sites for hydroxylation is 1. The van der Waals surface area contributed by atoms with Crippen LogP contribution in [0.4, 0.5) is 4.39 Å². The molecule has 2 heteroatoms. The lowest BCUT2D eigenvalue weighted by molar-refractivity contribution is 0.147. The van der Waals surface area contributed by atoms with Gasteiger partial charge in [0.1, 0.15) is 6.17 Å². The van der Waals surface area contributed by atoms with Gasteiger partial charge >= 0.3 is 0 Å². The molecule has 1 aliphatic rings. The van der Waals surface area contributed by atoms with Gasteiger partial charge in [0.15, 0.2) is 0 Å². The van der Waals surface area contributed by atoms with Gasteiger partial charge in [-0.1, -0.05) is 54.6 Å². The second-order valence-corrected chi connectivity index (χ2v) is 8.43. The summed E-state index contributed by atoms with van der Waals surface area (Å²) >= 11 is 0. The van der Waals surface area contributed by atoms with Crippen LogP contribution in [0.2, 0.25) is 0 Å². The average Bonchev–Trinajstić information content (AvgIpc) is 3.11. The quantitative estimate of drug-likeness (QED) is 0.513. The molecule has 0 N–H and O–H groups in total. The van der Waals surface area contributed by atoms with E-state index < -0.39 is 6.17 Å². The largest absolute Gasteiger partial charge is 0.294 e. The minimum atomic E-state index is -0.645. The predicted octanol–water partition coefficient (Wildman–Crippen LogP) is 6.52. The normalized spacial score (nSPS) is 21.1. The number of hydrogen-bond acceptors (Lipinski definition) is 1. The first kappa shape index (κ1) is 20.1. The Kier molecular flexibility index (Phi) is 7.07. The fourth-order valence-corrected chi connectivity index (χ4v) is 4.40. The van der Waals surface area contributed by atoms with Crippen LogP contribution >= 0.6 is 0 Å². The molecular weight excluding hydrogens is 333 g/mol. The van der Waals surface area contributed by atoms with Gasteiger partial charge in [-0.05, 0) is 69.6 Å². The highest BCUT2D eigenvalue weighted by Crippen LogP contribution is 2.36. The van der Waals surface area contributed by atoms with Crippen LogP contribution in [-0.4, -0.2) is 23.2 Å². The van der Waals surface area contributed by atoms with Crippen molar-refractivity contribution in [3.05, 3.63) is 71.3 Å². The molecule has 1 aliphatic carbocycles. The summed E-state index contributed by atoms with van der Waals surface area (Å²) in [6, 6.07) is 20.5. The molecule has 1 saturated carbocycles. The summed E-state index contributed by atoms with van der Waals surface area (Å²) in [6.45, 7) is 7.90. The molecule has 146 valence electrons. The summed E-state index contributed by atoms with van der Waals surface area (Å²) in [5.41, 5.74) is 3.92. The average molecular weight is 368 g/mol. The van der Waals surface area contributed by atoms with E-state index in [1.54, 1.807) is 0 Å². The summed E-state index contributed by atoms with van der Waals surface area (Å²) in [4.78, 5) is 2.58. The molecule has 0 aromatic heterocycles. The SMILES string of the molecule is CC(C)N(Cc1ccccc1)C(C)CCc1ccc(C2CCCC2F)cc1. The number of rotatable bonds is 8. The van der Waals surface area contributed by atoms with Gasteiger partial charge in [0.2, 0.25) is 0 Å². The van der Waals surface area contributed by atoms with Crippen molar-refractivity contribution in [3.8, 4) is 0 Å². The summed E-state index contributed by atoms with van der Waals surface area (Å²) in [5.74, 6) is 0.125. The Balaban J connectivity index is 1.56. The van der Waals surface area contributed by atoms with E-state index >= 15 is 0 Å². The molecule has 3 rings (SSSR count). The lowest BCUT2D eigenvalue weighted by Gasteiger charge is -2.33. The van der Waals surface area contributed by atoms with Gasteiger partial charge in [-0.2, -0.15) is 0 Å². The van der Waals surface area contributed by atoms with Crippen molar-refractivity contribution in [2.45, 2.75) is 83.6 Å². The highest BCUT2D eigenvalue weighted by molar-refractivity contribution is 5.27. The Morgan fingerprint density at radius 3 is 2.22 bits per heavy atom. The van der Waals surface area contributed by atoms with E-state index in [1.165, 1.54) is 16.7 Å². The van der Waals surface area contributed by atoms with Crippen LogP contribution in [-0.2, 0) is 13.0 Å². The van der Waals surface area contributed by atoms with Crippen LogP contribution < -0.4 is 0 Å². The molecule has 3 unspecified atom stereocenters. The standard InChI is InChI=1S/C25H34FN/c1-19(2)27(18-22-8-5-4-6-9-22)20(3)12-13-21-14-16-23(17-15-21)24-10-7-11-25(24)26/h4-6,8-9,14-17,19-20,24-25H,7,10-13,18H2,1-3H3. The molecule has 0 radical (unpaired) electrons. The van der Waals surface area contributed by atoms with Gasteiger partial charge in [0, 0.05) is 24.5 Å². The summed E-state index contributed by atoms with van der Waals surface area (Å²) in [5, 5.41) is 0. The van der Waals surface area contributed by atoms with Crippen molar-refractivity contribution < 1.29 is 4.39 Å². The fourth-order valence-electron chi connectivity index (χ4n) is 4.40. The van der Waals surface area contributed by atoms with E-state index in [-0.39, 0.29) is 5.92 Å². The number of alkyl halides is 1. The van der Waals surface area contributed by atoms with E-state index in [0.717, 1.165) is 38.6 Å². The Bertz CT molecular complexity index is 679. The second kappa shape index (κ2) is 9.50. The predicted molar refractivity (Wildman–Crippen MR) is 113 cm³/mol. The molecule has 0 spiro atoms. The minimum absolute atomic E-state index is 0.125. The molecule has 27 heavy (non-hydrogen) atoms. The molecule has 0 amide bonds. The molecule has 2 aromatic carbocycles. The minimum Gasteiger partial charge on any atom is -0.294 e. The number of nitrogens with zero attached hydrogens (tertiary/aromatic N) is 1. The van der Waals surface area contributed by atoms with E-state index in [9.17, 15) is 4.39 Å². The van der Waals surface area contributed by atoms with Crippen LogP contribution in [0.3, 0.4) is 0 Å². The van der Waals surface area contributed by atoms with Gasteiger partial charge in [0.05, 0.1) is 0 Å². The van der Waals surface area contributed by atoms with Crippen LogP contribution in [0.5, 0.6) is 0 Å². The van der Waals surface area contributed by atoms with Crippen molar-refractivity contribution in [1.29, 1.82) is 0 Å². The van der Waals surface area contributed by atoms with Crippen molar-refractivity contribution in [2.75, 3.05) is 0 Å². The van der Waals surface area contributed by atoms with E-state index in [1.807, 2.05) is 0 Å². The van der Waals surface area contributed by atoms with Crippen LogP contribution in [0.15, 0.2) is 54.6 Å². The maximum absolute atomic E-state index is 14.0. The summed E-state index contributed by atoms with van der Waals surface area (Å²) in [7, 11) is 0. The lowest BCUT2D eigenvalue weighted by atomic mass is 9.94. The molecule has 0 aliphatic heterocycles. The number of halogens is 1. The van der Waals surface area contributed by atoms with Gasteiger partial charge in [-0.15, -0.1) is 0 Å². The molecule has 2 aromatic rings. The summed E-state index contributed by atoms with van der Waals surface area (Å²) < 4.78 is 14.0. The molecule has 3 atom stereocenters. The van der Waals surface area contributed by atoms with Crippen molar-refractivity contribution >= 4 is 0 Å². The third kappa shape index (κ3) is 5.42. The van der Waals surface area contributed by atoms with Crippen molar-refractivity contribution in [1.82, 2.24) is 4.90 Å². The molecule has 0 heterocycles. The van der Waals surface area contributed by atoms with Crippen LogP contribution in [0.25, 0.3) is 0 Å². The topological polar surface area (TPSA) is 3.24 Å². The maximum Gasteiger partial charge on any atom is 0.107 e. The molecule has 0 saturated heterocycles. The fraction of sp³-hybridized carbons (Fsp3) is 0.520. The van der Waals surface area contributed by atoms with Crippen molar-refractivity contribution in [2.24, 2.45) is 0 Å². The summed E-state index contributed by atoms with van der Waals surface area (Å²) in [6.07, 6.45) is 4.32. The molecule has 1 nitrogen and oxygen atoms in total. The van der Waals surface area contributed by atoms with E-state index in [0.29, 0.717) is 12.1 Å². The maximum atomic E-state index is 14.0. The third-order valence-electron chi connectivity index (χ3n) is 6.13. The molecule has 1 fully saturated rings. The van der Waals surface area contributed by atoms with Gasteiger partial charge in [-0.3, -0.25) is 4.90 Å². The Morgan fingerprint density at radius 2 is 1.63 bits per heavy atom. The van der Waals surface area contributed by atoms with Crippen molar-refractivity contribution in [3.63, 3.8) is 0 Å². The Labute approximate surface area is 164 Å². The Morgan fingerprint density at radius 1 is 0.926 bits per heavy atom. The monoisotopic (exact) mass is 367 g/mol. The zero-order valence-corrected chi connectivity index (χ0v) is 17.1. The third-order valence-corrected chi connectivity index (χ3v) is 6.13. The first-order chi connectivity index (χ1) is 13.0. The van der Waals surface area contributed by atoms with Crippen LogP contribution in [0, 0.1) is 0 Å². The van der Waals surface area contributed by atoms with Gasteiger partial charge in [0.25, 0.3) is 0 Å².